The van der Waals surface area contributed by atoms with E-state index >= 15 is 0 Å². The van der Waals surface area contributed by atoms with E-state index in [1.807, 2.05) is 0 Å². The Bertz CT molecular complexity index is 256. The quantitative estimate of drug-likeness (QED) is 0.581. The summed E-state index contributed by atoms with van der Waals surface area (Å²) in [6.45, 7) is 4.45. The fraction of sp³-hybridized carbons (Fsp3) is 0.909. The van der Waals surface area contributed by atoms with Crippen molar-refractivity contribution in [3.63, 3.8) is 0 Å². The number of fused-ring (bicyclic) bond motifs is 2. The molecule has 3 aliphatic carbocycles. The highest BCUT2D eigenvalue weighted by Crippen LogP contribution is 2.70. The Hall–Kier alpha value is -0.330. The Morgan fingerprint density at radius 2 is 2.17 bits per heavy atom. The van der Waals surface area contributed by atoms with Gasteiger partial charge in [0.05, 0.1) is 0 Å². The molecular weight excluding hydrogens is 148 g/mol. The zero-order valence-corrected chi connectivity index (χ0v) is 7.84. The van der Waals surface area contributed by atoms with E-state index in [0.717, 1.165) is 11.8 Å². The summed E-state index contributed by atoms with van der Waals surface area (Å²) in [5, 5.41) is 0. The molecule has 3 rings (SSSR count). The summed E-state index contributed by atoms with van der Waals surface area (Å²) in [5.74, 6) is 3.34. The SMILES string of the molecule is CC(C)[C@]12C[C@H]1C[C@@H]1C[C@@H]1C2=O. The average Bonchev–Trinajstić information content (AvgIpc) is 2.80. The van der Waals surface area contributed by atoms with Crippen LogP contribution in [0.4, 0.5) is 0 Å². The minimum absolute atomic E-state index is 0.178. The molecule has 4 atom stereocenters. The van der Waals surface area contributed by atoms with Crippen molar-refractivity contribution < 1.29 is 4.79 Å². The molecule has 1 nitrogen and oxygen atoms in total. The Kier molecular flexibility index (Phi) is 1.06. The van der Waals surface area contributed by atoms with Crippen molar-refractivity contribution in [2.75, 3.05) is 0 Å². The minimum atomic E-state index is 0.178. The molecule has 0 N–H and O–H groups in total. The van der Waals surface area contributed by atoms with E-state index in [1.54, 1.807) is 0 Å². The molecule has 0 radical (unpaired) electrons. The van der Waals surface area contributed by atoms with E-state index in [-0.39, 0.29) is 5.41 Å². The van der Waals surface area contributed by atoms with Crippen molar-refractivity contribution in [1.29, 1.82) is 0 Å². The molecule has 3 aliphatic rings. The third-order valence-electron chi connectivity index (χ3n) is 4.49. The van der Waals surface area contributed by atoms with Gasteiger partial charge in [-0.25, -0.2) is 0 Å². The highest BCUT2D eigenvalue weighted by atomic mass is 16.1. The van der Waals surface area contributed by atoms with E-state index in [4.69, 9.17) is 0 Å². The number of carbonyl (C=O) groups excluding carboxylic acids is 1. The monoisotopic (exact) mass is 164 g/mol. The van der Waals surface area contributed by atoms with Gasteiger partial charge in [0, 0.05) is 11.3 Å². The van der Waals surface area contributed by atoms with E-state index in [1.165, 1.54) is 19.3 Å². The van der Waals surface area contributed by atoms with Gasteiger partial charge in [0.15, 0.2) is 0 Å². The summed E-state index contributed by atoms with van der Waals surface area (Å²) in [7, 11) is 0. The highest BCUT2D eigenvalue weighted by Gasteiger charge is 2.70. The lowest BCUT2D eigenvalue weighted by Crippen LogP contribution is -2.29. The number of rotatable bonds is 1. The smallest absolute Gasteiger partial charge is 0.142 e. The summed E-state index contributed by atoms with van der Waals surface area (Å²) < 4.78 is 0. The van der Waals surface area contributed by atoms with Gasteiger partial charge in [-0.2, -0.15) is 0 Å². The molecule has 0 heterocycles. The Labute approximate surface area is 73.5 Å². The van der Waals surface area contributed by atoms with Crippen molar-refractivity contribution in [2.24, 2.45) is 29.1 Å². The first kappa shape index (κ1) is 7.11. The van der Waals surface area contributed by atoms with Gasteiger partial charge >= 0.3 is 0 Å². The molecule has 12 heavy (non-hydrogen) atoms. The number of hydrogen-bond acceptors (Lipinski definition) is 1. The van der Waals surface area contributed by atoms with Crippen LogP contribution in [0.15, 0.2) is 0 Å². The third kappa shape index (κ3) is 0.605. The van der Waals surface area contributed by atoms with Crippen molar-refractivity contribution in [2.45, 2.75) is 33.1 Å². The Morgan fingerprint density at radius 1 is 1.42 bits per heavy atom. The van der Waals surface area contributed by atoms with Gasteiger partial charge in [-0.15, -0.1) is 0 Å². The fourth-order valence-corrected chi connectivity index (χ4v) is 3.48. The first-order chi connectivity index (χ1) is 5.66. The van der Waals surface area contributed by atoms with Gasteiger partial charge in [-0.1, -0.05) is 13.8 Å². The molecule has 0 spiro atoms. The second kappa shape index (κ2) is 1.78. The molecule has 0 saturated heterocycles. The van der Waals surface area contributed by atoms with Crippen molar-refractivity contribution in [3.8, 4) is 0 Å². The zero-order chi connectivity index (χ0) is 8.51. The van der Waals surface area contributed by atoms with Crippen LogP contribution in [-0.2, 0) is 4.79 Å². The van der Waals surface area contributed by atoms with Crippen molar-refractivity contribution >= 4 is 5.78 Å². The van der Waals surface area contributed by atoms with Crippen LogP contribution >= 0.6 is 0 Å². The van der Waals surface area contributed by atoms with Crippen molar-refractivity contribution in [3.05, 3.63) is 0 Å². The molecule has 3 fully saturated rings. The van der Waals surface area contributed by atoms with Gasteiger partial charge in [0.1, 0.15) is 5.78 Å². The topological polar surface area (TPSA) is 17.1 Å². The van der Waals surface area contributed by atoms with E-state index in [2.05, 4.69) is 13.8 Å². The predicted molar refractivity (Wildman–Crippen MR) is 46.6 cm³/mol. The summed E-state index contributed by atoms with van der Waals surface area (Å²) in [6, 6.07) is 0. The fourth-order valence-electron chi connectivity index (χ4n) is 3.48. The lowest BCUT2D eigenvalue weighted by molar-refractivity contribution is -0.129. The second-order valence-electron chi connectivity index (χ2n) is 5.30. The van der Waals surface area contributed by atoms with Crippen LogP contribution in [0.1, 0.15) is 33.1 Å². The summed E-state index contributed by atoms with van der Waals surface area (Å²) in [6.07, 6.45) is 3.81. The number of hydrogen-bond donors (Lipinski definition) is 0. The van der Waals surface area contributed by atoms with Gasteiger partial charge in [-0.05, 0) is 37.0 Å². The van der Waals surface area contributed by atoms with Gasteiger partial charge in [0.2, 0.25) is 0 Å². The van der Waals surface area contributed by atoms with Crippen LogP contribution in [0, 0.1) is 29.1 Å². The molecule has 0 aromatic carbocycles. The molecular formula is C11H16O. The number of carbonyl (C=O) groups is 1. The van der Waals surface area contributed by atoms with Gasteiger partial charge in [0.25, 0.3) is 0 Å². The lowest BCUT2D eigenvalue weighted by atomic mass is 9.79. The average molecular weight is 164 g/mol. The maximum absolute atomic E-state index is 12.0. The molecule has 0 unspecified atom stereocenters. The largest absolute Gasteiger partial charge is 0.299 e. The maximum atomic E-state index is 12.0. The molecule has 66 valence electrons. The molecule has 0 aliphatic heterocycles. The molecule has 0 amide bonds. The zero-order valence-electron chi connectivity index (χ0n) is 7.84. The summed E-state index contributed by atoms with van der Waals surface area (Å²) >= 11 is 0. The van der Waals surface area contributed by atoms with E-state index < -0.39 is 0 Å². The maximum Gasteiger partial charge on any atom is 0.142 e. The van der Waals surface area contributed by atoms with Gasteiger partial charge in [-0.3, -0.25) is 4.79 Å². The third-order valence-corrected chi connectivity index (χ3v) is 4.49. The molecule has 0 aromatic heterocycles. The minimum Gasteiger partial charge on any atom is -0.299 e. The molecule has 0 bridgehead atoms. The Morgan fingerprint density at radius 3 is 2.83 bits per heavy atom. The Balaban J connectivity index is 1.94. The lowest BCUT2D eigenvalue weighted by Gasteiger charge is -2.23. The van der Waals surface area contributed by atoms with Crippen LogP contribution in [0.3, 0.4) is 0 Å². The van der Waals surface area contributed by atoms with Gasteiger partial charge < -0.3 is 0 Å². The summed E-state index contributed by atoms with van der Waals surface area (Å²) in [4.78, 5) is 12.0. The molecule has 0 aromatic rings. The van der Waals surface area contributed by atoms with Crippen LogP contribution in [0.2, 0.25) is 0 Å². The predicted octanol–water partition coefficient (Wildman–Crippen LogP) is 2.26. The first-order valence-electron chi connectivity index (χ1n) is 5.20. The normalized spacial score (nSPS) is 54.9. The van der Waals surface area contributed by atoms with Crippen molar-refractivity contribution in [1.82, 2.24) is 0 Å². The number of ketones is 1. The van der Waals surface area contributed by atoms with Crippen LogP contribution in [-0.4, -0.2) is 5.78 Å². The summed E-state index contributed by atoms with van der Waals surface area (Å²) in [5.41, 5.74) is 0.178. The molecule has 3 saturated carbocycles. The van der Waals surface area contributed by atoms with E-state index in [0.29, 0.717) is 17.6 Å². The first-order valence-corrected chi connectivity index (χ1v) is 5.20. The van der Waals surface area contributed by atoms with Crippen LogP contribution in [0.25, 0.3) is 0 Å². The standard InChI is InChI=1S/C11H16O/c1-6(2)11-5-8(11)3-7-4-9(7)10(11)12/h6-9H,3-5H2,1-2H3/t7-,8-,9+,11-/m1/s1. The molecule has 1 heteroatoms. The van der Waals surface area contributed by atoms with Crippen LogP contribution in [0.5, 0.6) is 0 Å². The van der Waals surface area contributed by atoms with E-state index in [9.17, 15) is 4.79 Å². The van der Waals surface area contributed by atoms with Crippen LogP contribution < -0.4 is 0 Å². The highest BCUT2D eigenvalue weighted by molar-refractivity contribution is 5.93. The number of Topliss-reactive ketones (excluding diaryl/α,β-unsaturated/α-hetero) is 1. The second-order valence-corrected chi connectivity index (χ2v) is 5.30.